The highest BCUT2D eigenvalue weighted by atomic mass is 35.5. The van der Waals surface area contributed by atoms with E-state index in [4.69, 9.17) is 11.6 Å². The zero-order valence-corrected chi connectivity index (χ0v) is 7.31. The van der Waals surface area contributed by atoms with Gasteiger partial charge in [-0.15, -0.1) is 0 Å². The summed E-state index contributed by atoms with van der Waals surface area (Å²) in [7, 11) is 1.50. The Kier molecular flexibility index (Phi) is 5.53. The lowest BCUT2D eigenvalue weighted by atomic mass is 10.2. The SMILES string of the molecule is C=Cc1ccc(Cl)cc1.CN. The molecule has 0 aliphatic rings. The number of nitrogens with two attached hydrogens (primary N) is 1. The van der Waals surface area contributed by atoms with Crippen LogP contribution >= 0.6 is 11.6 Å². The topological polar surface area (TPSA) is 26.0 Å². The Balaban J connectivity index is 0.000000461. The van der Waals surface area contributed by atoms with E-state index < -0.39 is 0 Å². The number of rotatable bonds is 1. The van der Waals surface area contributed by atoms with Gasteiger partial charge in [0.2, 0.25) is 0 Å². The van der Waals surface area contributed by atoms with Crippen LogP contribution < -0.4 is 5.73 Å². The molecule has 11 heavy (non-hydrogen) atoms. The Hall–Kier alpha value is -0.790. The Morgan fingerprint density at radius 1 is 1.27 bits per heavy atom. The lowest BCUT2D eigenvalue weighted by molar-refractivity contribution is 1.48. The van der Waals surface area contributed by atoms with Crippen molar-refractivity contribution in [1.29, 1.82) is 0 Å². The van der Waals surface area contributed by atoms with Gasteiger partial charge in [0.25, 0.3) is 0 Å². The molecule has 0 heterocycles. The summed E-state index contributed by atoms with van der Waals surface area (Å²) >= 11 is 5.63. The standard InChI is InChI=1S/C8H7Cl.CH5N/c1-2-7-3-5-8(9)6-4-7;1-2/h2-6H,1H2;2H2,1H3. The highest BCUT2D eigenvalue weighted by molar-refractivity contribution is 6.30. The molecule has 2 heteroatoms. The number of hydrogen-bond donors (Lipinski definition) is 1. The first-order valence-electron chi connectivity index (χ1n) is 3.28. The Morgan fingerprint density at radius 2 is 1.73 bits per heavy atom. The van der Waals surface area contributed by atoms with Crippen LogP contribution in [-0.4, -0.2) is 7.05 Å². The second-order valence-electron chi connectivity index (χ2n) is 1.76. The van der Waals surface area contributed by atoms with E-state index in [1.54, 1.807) is 6.08 Å². The maximum atomic E-state index is 5.63. The number of benzene rings is 1. The molecule has 0 unspecified atom stereocenters. The van der Waals surface area contributed by atoms with E-state index in [0.717, 1.165) is 10.6 Å². The van der Waals surface area contributed by atoms with Crippen LogP contribution in [0.3, 0.4) is 0 Å². The van der Waals surface area contributed by atoms with Gasteiger partial charge in [-0.25, -0.2) is 0 Å². The third-order valence-corrected chi connectivity index (χ3v) is 1.36. The van der Waals surface area contributed by atoms with Crippen LogP contribution in [-0.2, 0) is 0 Å². The molecule has 0 saturated heterocycles. The van der Waals surface area contributed by atoms with Crippen molar-refractivity contribution in [2.24, 2.45) is 5.73 Å². The molecule has 0 bridgehead atoms. The van der Waals surface area contributed by atoms with Gasteiger partial charge in [0.15, 0.2) is 0 Å². The minimum absolute atomic E-state index is 0.764. The van der Waals surface area contributed by atoms with Gasteiger partial charge in [-0.1, -0.05) is 36.4 Å². The molecule has 0 amide bonds. The van der Waals surface area contributed by atoms with Gasteiger partial charge in [-0.2, -0.15) is 0 Å². The molecule has 0 aliphatic carbocycles. The zero-order chi connectivity index (χ0) is 8.69. The Bertz CT molecular complexity index is 203. The fourth-order valence-electron chi connectivity index (χ4n) is 0.599. The fourth-order valence-corrected chi connectivity index (χ4v) is 0.725. The molecule has 0 radical (unpaired) electrons. The largest absolute Gasteiger partial charge is 0.333 e. The van der Waals surface area contributed by atoms with Gasteiger partial charge >= 0.3 is 0 Å². The second kappa shape index (κ2) is 5.96. The van der Waals surface area contributed by atoms with Crippen molar-refractivity contribution in [3.8, 4) is 0 Å². The average Bonchev–Trinajstić information content (AvgIpc) is 2.10. The van der Waals surface area contributed by atoms with Gasteiger partial charge in [0.05, 0.1) is 0 Å². The van der Waals surface area contributed by atoms with Gasteiger partial charge in [0.1, 0.15) is 0 Å². The van der Waals surface area contributed by atoms with Crippen LogP contribution in [0.4, 0.5) is 0 Å². The second-order valence-corrected chi connectivity index (χ2v) is 2.19. The molecule has 1 aromatic carbocycles. The first-order valence-corrected chi connectivity index (χ1v) is 3.66. The number of halogens is 1. The summed E-state index contributed by atoms with van der Waals surface area (Å²) in [5.74, 6) is 0. The highest BCUT2D eigenvalue weighted by Crippen LogP contribution is 2.09. The first kappa shape index (κ1) is 10.2. The van der Waals surface area contributed by atoms with Crippen molar-refractivity contribution in [3.63, 3.8) is 0 Å². The predicted octanol–water partition coefficient (Wildman–Crippen LogP) is 2.56. The fraction of sp³-hybridized carbons (Fsp3) is 0.111. The third-order valence-electron chi connectivity index (χ3n) is 1.11. The minimum Gasteiger partial charge on any atom is -0.333 e. The molecule has 0 fully saturated rings. The number of hydrogen-bond acceptors (Lipinski definition) is 1. The van der Waals surface area contributed by atoms with Crippen molar-refractivity contribution in [3.05, 3.63) is 41.4 Å². The molecule has 0 aromatic heterocycles. The normalized spacial score (nSPS) is 7.91. The molecular weight excluding hydrogens is 158 g/mol. The van der Waals surface area contributed by atoms with Crippen LogP contribution in [0.2, 0.25) is 5.02 Å². The molecule has 1 nitrogen and oxygen atoms in total. The van der Waals surface area contributed by atoms with Crippen molar-refractivity contribution in [2.45, 2.75) is 0 Å². The highest BCUT2D eigenvalue weighted by Gasteiger charge is 1.84. The predicted molar refractivity (Wildman–Crippen MR) is 51.7 cm³/mol. The summed E-state index contributed by atoms with van der Waals surface area (Å²) in [4.78, 5) is 0. The Morgan fingerprint density at radius 3 is 2.09 bits per heavy atom. The molecule has 0 saturated carbocycles. The van der Waals surface area contributed by atoms with Crippen LogP contribution in [0.5, 0.6) is 0 Å². The maximum Gasteiger partial charge on any atom is 0.0406 e. The van der Waals surface area contributed by atoms with Crippen molar-refractivity contribution in [1.82, 2.24) is 0 Å². The lowest BCUT2D eigenvalue weighted by Crippen LogP contribution is -1.69. The van der Waals surface area contributed by atoms with Crippen molar-refractivity contribution < 1.29 is 0 Å². The molecule has 2 N–H and O–H groups in total. The summed E-state index contributed by atoms with van der Waals surface area (Å²) in [5.41, 5.74) is 5.60. The molecule has 0 aliphatic heterocycles. The first-order chi connectivity index (χ1) is 5.33. The molecule has 60 valence electrons. The van der Waals surface area contributed by atoms with E-state index in [2.05, 4.69) is 12.3 Å². The molecule has 1 aromatic rings. The van der Waals surface area contributed by atoms with E-state index in [0.29, 0.717) is 0 Å². The zero-order valence-electron chi connectivity index (χ0n) is 6.55. The van der Waals surface area contributed by atoms with E-state index in [9.17, 15) is 0 Å². The smallest absolute Gasteiger partial charge is 0.0406 e. The third kappa shape index (κ3) is 3.81. The molecule has 0 spiro atoms. The van der Waals surface area contributed by atoms with Crippen molar-refractivity contribution in [2.75, 3.05) is 7.05 Å². The lowest BCUT2D eigenvalue weighted by Gasteiger charge is -1.89. The van der Waals surface area contributed by atoms with Gasteiger partial charge in [-0.3, -0.25) is 0 Å². The van der Waals surface area contributed by atoms with E-state index in [1.807, 2.05) is 24.3 Å². The maximum absolute atomic E-state index is 5.63. The summed E-state index contributed by atoms with van der Waals surface area (Å²) in [6.45, 7) is 3.62. The van der Waals surface area contributed by atoms with E-state index in [1.165, 1.54) is 7.05 Å². The van der Waals surface area contributed by atoms with Crippen LogP contribution in [0, 0.1) is 0 Å². The van der Waals surface area contributed by atoms with Gasteiger partial charge < -0.3 is 5.73 Å². The van der Waals surface area contributed by atoms with Crippen molar-refractivity contribution >= 4 is 17.7 Å². The Labute approximate surface area is 72.5 Å². The summed E-state index contributed by atoms with van der Waals surface area (Å²) in [5, 5.41) is 0.764. The van der Waals surface area contributed by atoms with Crippen LogP contribution in [0.25, 0.3) is 6.08 Å². The van der Waals surface area contributed by atoms with Gasteiger partial charge in [0, 0.05) is 5.02 Å². The molecule has 1 rings (SSSR count). The van der Waals surface area contributed by atoms with E-state index in [-0.39, 0.29) is 0 Å². The molecular formula is C9H12ClN. The quantitative estimate of drug-likeness (QED) is 0.687. The summed E-state index contributed by atoms with van der Waals surface area (Å²) in [6, 6.07) is 7.54. The minimum atomic E-state index is 0.764. The monoisotopic (exact) mass is 169 g/mol. The van der Waals surface area contributed by atoms with E-state index >= 15 is 0 Å². The van der Waals surface area contributed by atoms with Crippen LogP contribution in [0.15, 0.2) is 30.8 Å². The molecule has 0 atom stereocenters. The average molecular weight is 170 g/mol. The summed E-state index contributed by atoms with van der Waals surface area (Å²) in [6.07, 6.45) is 1.79. The van der Waals surface area contributed by atoms with Gasteiger partial charge in [-0.05, 0) is 24.7 Å². The van der Waals surface area contributed by atoms with Crippen LogP contribution in [0.1, 0.15) is 5.56 Å². The summed E-state index contributed by atoms with van der Waals surface area (Å²) < 4.78 is 0.